The number of amides is 2. The Morgan fingerprint density at radius 3 is 2.86 bits per heavy atom. The van der Waals surface area contributed by atoms with E-state index in [9.17, 15) is 4.79 Å². The average molecular weight is 298 g/mol. The van der Waals surface area contributed by atoms with Gasteiger partial charge in [0.1, 0.15) is 0 Å². The van der Waals surface area contributed by atoms with Gasteiger partial charge in [-0.2, -0.15) is 0 Å². The molecule has 0 aromatic heterocycles. The number of rotatable bonds is 6. The van der Waals surface area contributed by atoms with Crippen molar-refractivity contribution in [2.45, 2.75) is 45.1 Å². The zero-order chi connectivity index (χ0) is 15.1. The number of urea groups is 1. The summed E-state index contributed by atoms with van der Waals surface area (Å²) in [6.07, 6.45) is 6.46. The molecule has 0 aromatic carbocycles. The summed E-state index contributed by atoms with van der Waals surface area (Å²) in [4.78, 5) is 13.7. The number of carbonyl (C=O) groups is 1. The highest BCUT2D eigenvalue weighted by atomic mass is 16.5. The van der Waals surface area contributed by atoms with E-state index in [1.54, 1.807) is 4.90 Å². The molecule has 2 rings (SSSR count). The second-order valence-electron chi connectivity index (χ2n) is 6.51. The van der Waals surface area contributed by atoms with Gasteiger partial charge in [-0.15, -0.1) is 0 Å². The lowest BCUT2D eigenvalue weighted by atomic mass is 9.88. The monoisotopic (exact) mass is 298 g/mol. The third kappa shape index (κ3) is 5.47. The fourth-order valence-electron chi connectivity index (χ4n) is 3.23. The van der Waals surface area contributed by atoms with Gasteiger partial charge in [0.2, 0.25) is 0 Å². The smallest absolute Gasteiger partial charge is 0.317 e. The number of carbonyl (C=O) groups excluding carboxylic acids is 1. The molecule has 0 bridgehead atoms. The third-order valence-electron chi connectivity index (χ3n) is 4.65. The van der Waals surface area contributed by atoms with Crippen molar-refractivity contribution in [1.82, 2.24) is 10.2 Å². The van der Waals surface area contributed by atoms with E-state index in [-0.39, 0.29) is 6.03 Å². The Hall–Kier alpha value is -0.810. The minimum absolute atomic E-state index is 0.0119. The van der Waals surface area contributed by atoms with Crippen molar-refractivity contribution in [3.63, 3.8) is 0 Å². The lowest BCUT2D eigenvalue weighted by Crippen LogP contribution is -2.41. The first-order valence-corrected chi connectivity index (χ1v) is 8.35. The fraction of sp³-hybridized carbons (Fsp3) is 0.938. The van der Waals surface area contributed by atoms with E-state index < -0.39 is 0 Å². The molecule has 1 saturated carbocycles. The van der Waals surface area contributed by atoms with Crippen LogP contribution < -0.4 is 5.32 Å². The van der Waals surface area contributed by atoms with Crippen molar-refractivity contribution < 1.29 is 14.3 Å². The zero-order valence-electron chi connectivity index (χ0n) is 13.5. The number of hydrogen-bond donors (Lipinski definition) is 1. The topological polar surface area (TPSA) is 50.8 Å². The van der Waals surface area contributed by atoms with E-state index in [0.717, 1.165) is 32.6 Å². The van der Waals surface area contributed by atoms with Gasteiger partial charge in [0.15, 0.2) is 0 Å². The zero-order valence-corrected chi connectivity index (χ0v) is 13.5. The van der Waals surface area contributed by atoms with E-state index in [1.807, 2.05) is 7.05 Å². The minimum atomic E-state index is -0.0119. The Labute approximate surface area is 128 Å². The number of nitrogens with zero attached hydrogens (tertiary/aromatic N) is 1. The van der Waals surface area contributed by atoms with Gasteiger partial charge in [0, 0.05) is 32.7 Å². The number of ether oxygens (including phenoxy) is 2. The summed E-state index contributed by atoms with van der Waals surface area (Å²) in [6.45, 7) is 5.84. The maximum Gasteiger partial charge on any atom is 0.317 e. The van der Waals surface area contributed by atoms with E-state index >= 15 is 0 Å². The molecule has 3 atom stereocenters. The van der Waals surface area contributed by atoms with Gasteiger partial charge in [0.05, 0.1) is 19.3 Å². The molecule has 2 aliphatic rings. The van der Waals surface area contributed by atoms with Crippen LogP contribution in [0.1, 0.15) is 39.0 Å². The van der Waals surface area contributed by atoms with Gasteiger partial charge in [-0.1, -0.05) is 19.8 Å². The van der Waals surface area contributed by atoms with Crippen molar-refractivity contribution >= 4 is 6.03 Å². The first-order chi connectivity index (χ1) is 10.2. The molecule has 21 heavy (non-hydrogen) atoms. The van der Waals surface area contributed by atoms with Crippen LogP contribution in [0.15, 0.2) is 0 Å². The molecule has 0 radical (unpaired) electrons. The van der Waals surface area contributed by atoms with Gasteiger partial charge in [-0.3, -0.25) is 0 Å². The van der Waals surface area contributed by atoms with Gasteiger partial charge >= 0.3 is 6.03 Å². The highest BCUT2D eigenvalue weighted by Crippen LogP contribution is 2.25. The third-order valence-corrected chi connectivity index (χ3v) is 4.65. The Morgan fingerprint density at radius 2 is 2.14 bits per heavy atom. The van der Waals surface area contributed by atoms with E-state index in [1.165, 1.54) is 19.3 Å². The average Bonchev–Trinajstić information content (AvgIpc) is 2.98. The van der Waals surface area contributed by atoms with Gasteiger partial charge in [-0.25, -0.2) is 4.79 Å². The maximum absolute atomic E-state index is 12.0. The Morgan fingerprint density at radius 1 is 1.33 bits per heavy atom. The molecule has 5 heteroatoms. The highest BCUT2D eigenvalue weighted by molar-refractivity contribution is 5.73. The molecular formula is C16H30N2O3. The van der Waals surface area contributed by atoms with Crippen LogP contribution in [0.5, 0.6) is 0 Å². The van der Waals surface area contributed by atoms with Crippen LogP contribution in [0, 0.1) is 11.8 Å². The number of hydrogen-bond acceptors (Lipinski definition) is 3. The molecule has 5 nitrogen and oxygen atoms in total. The van der Waals surface area contributed by atoms with Crippen molar-refractivity contribution in [3.8, 4) is 0 Å². The summed E-state index contributed by atoms with van der Waals surface area (Å²) in [5, 5.41) is 2.93. The summed E-state index contributed by atoms with van der Waals surface area (Å²) in [7, 11) is 1.84. The molecule has 1 saturated heterocycles. The van der Waals surface area contributed by atoms with Crippen molar-refractivity contribution in [2.75, 3.05) is 40.0 Å². The highest BCUT2D eigenvalue weighted by Gasteiger charge is 2.22. The van der Waals surface area contributed by atoms with Crippen molar-refractivity contribution in [1.29, 1.82) is 0 Å². The summed E-state index contributed by atoms with van der Waals surface area (Å²) in [5.74, 6) is 1.14. The quantitative estimate of drug-likeness (QED) is 0.765. The van der Waals surface area contributed by atoms with Crippen LogP contribution in [-0.4, -0.2) is 57.0 Å². The minimum Gasteiger partial charge on any atom is -0.381 e. The molecule has 0 aromatic rings. The molecule has 2 amide bonds. The van der Waals surface area contributed by atoms with E-state index in [4.69, 9.17) is 9.47 Å². The molecule has 1 aliphatic carbocycles. The molecule has 0 spiro atoms. The fourth-order valence-corrected chi connectivity index (χ4v) is 3.23. The predicted molar refractivity (Wildman–Crippen MR) is 82.3 cm³/mol. The van der Waals surface area contributed by atoms with E-state index in [2.05, 4.69) is 12.2 Å². The Kier molecular flexibility index (Phi) is 6.77. The maximum atomic E-state index is 12.0. The van der Waals surface area contributed by atoms with Gasteiger partial charge in [-0.05, 0) is 25.2 Å². The summed E-state index contributed by atoms with van der Waals surface area (Å²) in [6, 6.07) is -0.0119. The standard InChI is InChI=1S/C16H30N2O3/c1-13-5-3-4-6-15(13)21-10-8-17-16(19)18(2)11-14-7-9-20-12-14/h13-15H,3-12H2,1-2H3,(H,17,19)/t13-,14-,15+/m1/s1. The molecule has 0 unspecified atom stereocenters. The van der Waals surface area contributed by atoms with Crippen molar-refractivity contribution in [3.05, 3.63) is 0 Å². The molecule has 122 valence electrons. The Bertz CT molecular complexity index is 319. The molecule has 1 N–H and O–H groups in total. The molecule has 1 aliphatic heterocycles. The lowest BCUT2D eigenvalue weighted by molar-refractivity contribution is -0.00268. The van der Waals surface area contributed by atoms with Crippen LogP contribution in [0.3, 0.4) is 0 Å². The first-order valence-electron chi connectivity index (χ1n) is 8.35. The second kappa shape index (κ2) is 8.59. The van der Waals surface area contributed by atoms with Crippen LogP contribution >= 0.6 is 0 Å². The van der Waals surface area contributed by atoms with Crippen molar-refractivity contribution in [2.24, 2.45) is 11.8 Å². The van der Waals surface area contributed by atoms with Crippen LogP contribution in [0.4, 0.5) is 4.79 Å². The van der Waals surface area contributed by atoms with Crippen LogP contribution in [0.25, 0.3) is 0 Å². The summed E-state index contributed by atoms with van der Waals surface area (Å²) < 4.78 is 11.2. The van der Waals surface area contributed by atoms with Gasteiger partial charge < -0.3 is 19.7 Å². The lowest BCUT2D eigenvalue weighted by Gasteiger charge is -2.29. The first kappa shape index (κ1) is 16.6. The molecule has 1 heterocycles. The normalized spacial score (nSPS) is 29.3. The SMILES string of the molecule is C[C@@H]1CCCC[C@@H]1OCCNC(=O)N(C)C[C@H]1CCOC1. The molecular weight excluding hydrogens is 268 g/mol. The number of nitrogens with one attached hydrogen (secondary N) is 1. The molecule has 2 fully saturated rings. The predicted octanol–water partition coefficient (Wildman–Crippen LogP) is 2.26. The summed E-state index contributed by atoms with van der Waals surface area (Å²) >= 11 is 0. The van der Waals surface area contributed by atoms with Crippen LogP contribution in [-0.2, 0) is 9.47 Å². The Balaban J connectivity index is 1.55. The van der Waals surface area contributed by atoms with Crippen LogP contribution in [0.2, 0.25) is 0 Å². The summed E-state index contributed by atoms with van der Waals surface area (Å²) in [5.41, 5.74) is 0. The second-order valence-corrected chi connectivity index (χ2v) is 6.51. The van der Waals surface area contributed by atoms with E-state index in [0.29, 0.717) is 31.1 Å². The van der Waals surface area contributed by atoms with Gasteiger partial charge in [0.25, 0.3) is 0 Å². The largest absolute Gasteiger partial charge is 0.381 e.